The predicted molar refractivity (Wildman–Crippen MR) is 106 cm³/mol. The number of hydrogen-bond acceptors (Lipinski definition) is 4. The molecule has 0 aromatic heterocycles. The maximum absolute atomic E-state index is 11.0. The maximum Gasteiger partial charge on any atom is 0.490 e. The number of rotatable bonds is 3. The molecule has 2 fully saturated rings. The first-order chi connectivity index (χ1) is 14.1. The van der Waals surface area contributed by atoms with Gasteiger partial charge in [0, 0.05) is 37.4 Å². The van der Waals surface area contributed by atoms with Crippen molar-refractivity contribution in [2.75, 3.05) is 31.5 Å². The molecule has 30 heavy (non-hydrogen) atoms. The Morgan fingerprint density at radius 3 is 2.20 bits per heavy atom. The van der Waals surface area contributed by atoms with Crippen LogP contribution in [0.4, 0.5) is 23.7 Å². The highest BCUT2D eigenvalue weighted by atomic mass is 19.4. The molecular weight excluding hydrogens is 403 g/mol. The summed E-state index contributed by atoms with van der Waals surface area (Å²) >= 11 is 0. The molecule has 0 spiro atoms. The normalized spacial score (nSPS) is 20.8. The first-order valence-electron chi connectivity index (χ1n) is 9.92. The highest BCUT2D eigenvalue weighted by Crippen LogP contribution is 2.24. The van der Waals surface area contributed by atoms with Crippen molar-refractivity contribution >= 4 is 17.7 Å². The summed E-state index contributed by atoms with van der Waals surface area (Å²) in [5.41, 5.74) is 2.53. The lowest BCUT2D eigenvalue weighted by molar-refractivity contribution is -0.192. The Morgan fingerprint density at radius 2 is 1.67 bits per heavy atom. The Hall–Kier alpha value is -2.49. The van der Waals surface area contributed by atoms with Gasteiger partial charge in [-0.05, 0) is 50.8 Å². The van der Waals surface area contributed by atoms with Crippen LogP contribution in [-0.4, -0.2) is 76.5 Å². The summed E-state index contributed by atoms with van der Waals surface area (Å²) in [6.07, 6.45) is -1.52. The quantitative estimate of drug-likeness (QED) is 0.677. The average Bonchev–Trinajstić information content (AvgIpc) is 2.70. The van der Waals surface area contributed by atoms with Gasteiger partial charge in [-0.1, -0.05) is 18.2 Å². The van der Waals surface area contributed by atoms with Crippen LogP contribution < -0.4 is 5.32 Å². The van der Waals surface area contributed by atoms with Gasteiger partial charge in [-0.15, -0.1) is 0 Å². The zero-order valence-electron chi connectivity index (χ0n) is 16.9. The van der Waals surface area contributed by atoms with Crippen molar-refractivity contribution < 1.29 is 33.0 Å². The van der Waals surface area contributed by atoms with Crippen molar-refractivity contribution in [2.45, 2.75) is 50.9 Å². The molecular formula is C20H28F3N3O4. The first-order valence-corrected chi connectivity index (χ1v) is 9.92. The number of likely N-dealkylation sites (tertiary alicyclic amines) is 2. The zero-order chi connectivity index (χ0) is 22.3. The molecule has 3 rings (SSSR count). The number of para-hydroxylation sites is 1. The fourth-order valence-corrected chi connectivity index (χ4v) is 3.83. The standard InChI is InChI=1S/C18H27N3O2.C2HF3O2/c1-14-5-2-3-7-17(14)19-15-6-4-10-21(13-15)16-8-11-20(12-9-16)18(22)23;3-2(4,5)1(6)7/h2-3,5,7,15-16,19H,4,6,8-13H2,1H3,(H,22,23);(H,6,7). The third-order valence-corrected chi connectivity index (χ3v) is 5.45. The lowest BCUT2D eigenvalue weighted by Crippen LogP contribution is -2.51. The van der Waals surface area contributed by atoms with Gasteiger partial charge >= 0.3 is 18.2 Å². The Labute approximate surface area is 173 Å². The van der Waals surface area contributed by atoms with E-state index >= 15 is 0 Å². The van der Waals surface area contributed by atoms with Crippen LogP contribution in [0.3, 0.4) is 0 Å². The number of hydrogen-bond donors (Lipinski definition) is 3. The van der Waals surface area contributed by atoms with E-state index < -0.39 is 18.2 Å². The fraction of sp³-hybridized carbons (Fsp3) is 0.600. The summed E-state index contributed by atoms with van der Waals surface area (Å²) in [5, 5.41) is 19.9. The molecule has 168 valence electrons. The number of anilines is 1. The van der Waals surface area contributed by atoms with Gasteiger partial charge in [-0.2, -0.15) is 13.2 Å². The minimum atomic E-state index is -5.08. The second kappa shape index (κ2) is 10.5. The zero-order valence-corrected chi connectivity index (χ0v) is 16.9. The Kier molecular flexibility index (Phi) is 8.33. The number of carbonyl (C=O) groups is 2. The number of amides is 1. The van der Waals surface area contributed by atoms with Crippen molar-refractivity contribution in [1.82, 2.24) is 9.80 Å². The molecule has 1 amide bonds. The largest absolute Gasteiger partial charge is 0.490 e. The van der Waals surface area contributed by atoms with E-state index in [0.717, 1.165) is 25.9 Å². The number of carboxylic acid groups (broad SMARTS) is 2. The number of halogens is 3. The number of alkyl halides is 3. The number of benzene rings is 1. The summed E-state index contributed by atoms with van der Waals surface area (Å²) in [7, 11) is 0. The van der Waals surface area contributed by atoms with E-state index in [2.05, 4.69) is 41.4 Å². The number of aliphatic carboxylic acids is 1. The number of carboxylic acids is 1. The fourth-order valence-electron chi connectivity index (χ4n) is 3.83. The molecule has 0 aliphatic carbocycles. The Balaban J connectivity index is 0.000000396. The van der Waals surface area contributed by atoms with E-state index in [9.17, 15) is 18.0 Å². The highest BCUT2D eigenvalue weighted by molar-refractivity contribution is 5.73. The molecule has 1 atom stereocenters. The van der Waals surface area contributed by atoms with Crippen molar-refractivity contribution in [3.05, 3.63) is 29.8 Å². The topological polar surface area (TPSA) is 93.1 Å². The second-order valence-corrected chi connectivity index (χ2v) is 7.60. The van der Waals surface area contributed by atoms with Gasteiger partial charge in [0.1, 0.15) is 0 Å². The van der Waals surface area contributed by atoms with Crippen LogP contribution in [0.5, 0.6) is 0 Å². The molecule has 0 radical (unpaired) electrons. The molecule has 2 heterocycles. The molecule has 2 aliphatic heterocycles. The summed E-state index contributed by atoms with van der Waals surface area (Å²) in [5.74, 6) is -2.76. The van der Waals surface area contributed by atoms with E-state index in [-0.39, 0.29) is 0 Å². The number of nitrogens with one attached hydrogen (secondary N) is 1. The third kappa shape index (κ3) is 7.08. The molecule has 0 saturated carbocycles. The first kappa shape index (κ1) is 23.8. The van der Waals surface area contributed by atoms with Gasteiger partial charge in [0.2, 0.25) is 0 Å². The summed E-state index contributed by atoms with van der Waals surface area (Å²) in [4.78, 5) is 24.0. The lowest BCUT2D eigenvalue weighted by atomic mass is 9.97. The minimum absolute atomic E-state index is 0.488. The van der Waals surface area contributed by atoms with Crippen LogP contribution in [0.25, 0.3) is 0 Å². The average molecular weight is 431 g/mol. The molecule has 0 bridgehead atoms. The van der Waals surface area contributed by atoms with E-state index in [4.69, 9.17) is 15.0 Å². The maximum atomic E-state index is 11.0. The molecule has 2 saturated heterocycles. The van der Waals surface area contributed by atoms with Gasteiger partial charge in [-0.3, -0.25) is 4.90 Å². The van der Waals surface area contributed by atoms with Gasteiger partial charge in [0.05, 0.1) is 0 Å². The molecule has 1 unspecified atom stereocenters. The van der Waals surface area contributed by atoms with E-state index in [1.54, 1.807) is 4.90 Å². The SMILES string of the molecule is Cc1ccccc1NC1CCCN(C2CCN(C(=O)O)CC2)C1.O=C(O)C(F)(F)F. The monoisotopic (exact) mass is 431 g/mol. The minimum Gasteiger partial charge on any atom is -0.475 e. The summed E-state index contributed by atoms with van der Waals surface area (Å²) in [6.45, 7) is 5.69. The van der Waals surface area contributed by atoms with E-state index in [0.29, 0.717) is 25.2 Å². The number of nitrogens with zero attached hydrogens (tertiary/aromatic N) is 2. The molecule has 10 heteroatoms. The van der Waals surface area contributed by atoms with Crippen LogP contribution >= 0.6 is 0 Å². The van der Waals surface area contributed by atoms with Crippen molar-refractivity contribution in [2.24, 2.45) is 0 Å². The molecule has 7 nitrogen and oxygen atoms in total. The number of aryl methyl sites for hydroxylation is 1. The van der Waals surface area contributed by atoms with E-state index in [1.807, 2.05) is 0 Å². The molecule has 1 aromatic carbocycles. The van der Waals surface area contributed by atoms with Crippen LogP contribution in [0, 0.1) is 6.92 Å². The summed E-state index contributed by atoms with van der Waals surface area (Å²) < 4.78 is 31.7. The van der Waals surface area contributed by atoms with E-state index in [1.165, 1.54) is 24.1 Å². The van der Waals surface area contributed by atoms with Crippen LogP contribution in [-0.2, 0) is 4.79 Å². The van der Waals surface area contributed by atoms with Crippen molar-refractivity contribution in [1.29, 1.82) is 0 Å². The Bertz CT molecular complexity index is 721. The molecule has 1 aromatic rings. The summed E-state index contributed by atoms with van der Waals surface area (Å²) in [6, 6.07) is 9.47. The van der Waals surface area contributed by atoms with Crippen molar-refractivity contribution in [3.8, 4) is 0 Å². The Morgan fingerprint density at radius 1 is 1.07 bits per heavy atom. The number of piperidine rings is 2. The van der Waals surface area contributed by atoms with Gasteiger partial charge in [0.15, 0.2) is 0 Å². The molecule has 2 aliphatic rings. The highest BCUT2D eigenvalue weighted by Gasteiger charge is 2.38. The van der Waals surface area contributed by atoms with Crippen molar-refractivity contribution in [3.63, 3.8) is 0 Å². The van der Waals surface area contributed by atoms with Crippen LogP contribution in [0.15, 0.2) is 24.3 Å². The predicted octanol–water partition coefficient (Wildman–Crippen LogP) is 3.65. The van der Waals surface area contributed by atoms with Gasteiger partial charge < -0.3 is 20.4 Å². The molecule has 3 N–H and O–H groups in total. The smallest absolute Gasteiger partial charge is 0.475 e. The van der Waals surface area contributed by atoms with Gasteiger partial charge in [-0.25, -0.2) is 9.59 Å². The van der Waals surface area contributed by atoms with Gasteiger partial charge in [0.25, 0.3) is 0 Å². The third-order valence-electron chi connectivity index (χ3n) is 5.45. The van der Waals surface area contributed by atoms with Crippen LogP contribution in [0.2, 0.25) is 0 Å². The lowest BCUT2D eigenvalue weighted by Gasteiger charge is -2.42. The second-order valence-electron chi connectivity index (χ2n) is 7.60. The van der Waals surface area contributed by atoms with Crippen LogP contribution in [0.1, 0.15) is 31.2 Å².